The summed E-state index contributed by atoms with van der Waals surface area (Å²) in [5.41, 5.74) is 0.985. The van der Waals surface area contributed by atoms with Crippen molar-refractivity contribution in [2.24, 2.45) is 5.92 Å². The lowest BCUT2D eigenvalue weighted by atomic mass is 9.95. The molecule has 1 saturated heterocycles. The number of hydrogen-bond donors (Lipinski definition) is 1. The first-order valence-electron chi connectivity index (χ1n) is 9.92. The topological polar surface area (TPSA) is 75.7 Å². The number of piperidine rings is 1. The Labute approximate surface area is 174 Å². The van der Waals surface area contributed by atoms with E-state index < -0.39 is 6.04 Å². The number of thiophene rings is 1. The molecule has 0 spiro atoms. The van der Waals surface area contributed by atoms with Crippen LogP contribution in [0.2, 0.25) is 0 Å². The number of hydrogen-bond acceptors (Lipinski definition) is 5. The van der Waals surface area contributed by atoms with Gasteiger partial charge in [0.05, 0.1) is 17.4 Å². The molecule has 1 aromatic carbocycles. The van der Waals surface area contributed by atoms with E-state index in [2.05, 4.69) is 5.32 Å². The van der Waals surface area contributed by atoms with Gasteiger partial charge in [0.2, 0.25) is 5.91 Å². The second-order valence-corrected chi connectivity index (χ2v) is 7.99. The number of rotatable bonds is 7. The molecule has 1 aliphatic rings. The van der Waals surface area contributed by atoms with Gasteiger partial charge in [-0.3, -0.25) is 14.4 Å². The van der Waals surface area contributed by atoms with Crippen LogP contribution in [0.3, 0.4) is 0 Å². The van der Waals surface area contributed by atoms with Crippen LogP contribution in [0.5, 0.6) is 0 Å². The first-order chi connectivity index (χ1) is 14.1. The summed E-state index contributed by atoms with van der Waals surface area (Å²) in [6.07, 6.45) is 1.59. The largest absolute Gasteiger partial charge is 0.466 e. The number of likely N-dealkylation sites (tertiary alicyclic amines) is 1. The smallest absolute Gasteiger partial charge is 0.309 e. The van der Waals surface area contributed by atoms with Crippen molar-refractivity contribution in [3.05, 3.63) is 58.3 Å². The van der Waals surface area contributed by atoms with Gasteiger partial charge in [-0.15, -0.1) is 11.3 Å². The van der Waals surface area contributed by atoms with Gasteiger partial charge >= 0.3 is 5.97 Å². The molecular weight excluding hydrogens is 388 g/mol. The highest BCUT2D eigenvalue weighted by Crippen LogP contribution is 2.20. The molecule has 7 heteroatoms. The zero-order valence-electron chi connectivity index (χ0n) is 16.5. The maximum Gasteiger partial charge on any atom is 0.309 e. The summed E-state index contributed by atoms with van der Waals surface area (Å²) in [4.78, 5) is 40.1. The summed E-state index contributed by atoms with van der Waals surface area (Å²) < 4.78 is 5.10. The van der Waals surface area contributed by atoms with Crippen LogP contribution in [0.1, 0.15) is 35.0 Å². The van der Waals surface area contributed by atoms with Gasteiger partial charge in [0.25, 0.3) is 5.91 Å². The third-order valence-electron chi connectivity index (χ3n) is 5.06. The number of nitrogens with one attached hydrogen (secondary N) is 1. The van der Waals surface area contributed by atoms with E-state index in [1.54, 1.807) is 17.9 Å². The highest BCUT2D eigenvalue weighted by atomic mass is 32.1. The van der Waals surface area contributed by atoms with Crippen molar-refractivity contribution in [1.82, 2.24) is 10.2 Å². The summed E-state index contributed by atoms with van der Waals surface area (Å²) >= 11 is 1.35. The highest BCUT2D eigenvalue weighted by molar-refractivity contribution is 7.12. The summed E-state index contributed by atoms with van der Waals surface area (Å²) in [5.74, 6) is -0.699. The molecule has 29 heavy (non-hydrogen) atoms. The first kappa shape index (κ1) is 21.0. The summed E-state index contributed by atoms with van der Waals surface area (Å²) in [5, 5.41) is 4.74. The Hall–Kier alpha value is -2.67. The van der Waals surface area contributed by atoms with E-state index in [1.807, 2.05) is 41.8 Å². The molecule has 1 aliphatic heterocycles. The number of carbonyl (C=O) groups is 3. The van der Waals surface area contributed by atoms with E-state index in [-0.39, 0.29) is 23.7 Å². The molecule has 2 amide bonds. The number of ether oxygens (including phenoxy) is 1. The Morgan fingerprint density at radius 2 is 1.86 bits per heavy atom. The van der Waals surface area contributed by atoms with Crippen LogP contribution < -0.4 is 5.32 Å². The number of carbonyl (C=O) groups excluding carboxylic acids is 3. The fourth-order valence-corrected chi connectivity index (χ4v) is 4.13. The van der Waals surface area contributed by atoms with E-state index in [9.17, 15) is 14.4 Å². The normalized spacial score (nSPS) is 15.6. The fraction of sp³-hybridized carbons (Fsp3) is 0.409. The fourth-order valence-electron chi connectivity index (χ4n) is 3.50. The van der Waals surface area contributed by atoms with Gasteiger partial charge in [0.15, 0.2) is 0 Å². The maximum atomic E-state index is 13.2. The molecule has 6 nitrogen and oxygen atoms in total. The quantitative estimate of drug-likeness (QED) is 0.707. The minimum Gasteiger partial charge on any atom is -0.466 e. The molecule has 1 unspecified atom stereocenters. The molecule has 1 aromatic heterocycles. The summed E-state index contributed by atoms with van der Waals surface area (Å²) in [6.45, 7) is 3.14. The van der Waals surface area contributed by atoms with Gasteiger partial charge in [-0.2, -0.15) is 0 Å². The Morgan fingerprint density at radius 1 is 1.14 bits per heavy atom. The van der Waals surface area contributed by atoms with E-state index in [4.69, 9.17) is 4.74 Å². The van der Waals surface area contributed by atoms with Crippen LogP contribution in [-0.2, 0) is 20.7 Å². The molecule has 0 saturated carbocycles. The van der Waals surface area contributed by atoms with Crippen LogP contribution in [0.4, 0.5) is 0 Å². The number of nitrogens with zero attached hydrogens (tertiary/aromatic N) is 1. The van der Waals surface area contributed by atoms with Crippen LogP contribution in [0.25, 0.3) is 0 Å². The zero-order chi connectivity index (χ0) is 20.6. The predicted octanol–water partition coefficient (Wildman–Crippen LogP) is 2.89. The SMILES string of the molecule is CCOC(=O)C1CCN(C(=O)C(Cc2ccccc2)NC(=O)c2cccs2)CC1. The van der Waals surface area contributed by atoms with Crippen LogP contribution in [0.15, 0.2) is 47.8 Å². The molecule has 1 atom stereocenters. The van der Waals surface area contributed by atoms with Gasteiger partial charge in [-0.1, -0.05) is 36.4 Å². The van der Waals surface area contributed by atoms with Gasteiger partial charge < -0.3 is 15.0 Å². The Kier molecular flexibility index (Phi) is 7.41. The second-order valence-electron chi connectivity index (χ2n) is 7.04. The Bertz CT molecular complexity index is 815. The van der Waals surface area contributed by atoms with E-state index in [1.165, 1.54) is 11.3 Å². The third-order valence-corrected chi connectivity index (χ3v) is 5.93. The van der Waals surface area contributed by atoms with Crippen molar-refractivity contribution < 1.29 is 19.1 Å². The van der Waals surface area contributed by atoms with Gasteiger partial charge in [0, 0.05) is 19.5 Å². The van der Waals surface area contributed by atoms with Crippen LogP contribution in [0, 0.1) is 5.92 Å². The maximum absolute atomic E-state index is 13.2. The second kappa shape index (κ2) is 10.2. The molecule has 2 heterocycles. The monoisotopic (exact) mass is 414 g/mol. The van der Waals surface area contributed by atoms with Crippen molar-refractivity contribution in [2.75, 3.05) is 19.7 Å². The van der Waals surface area contributed by atoms with Gasteiger partial charge in [-0.05, 0) is 36.8 Å². The van der Waals surface area contributed by atoms with Crippen molar-refractivity contribution in [2.45, 2.75) is 32.2 Å². The average molecular weight is 415 g/mol. The first-order valence-corrected chi connectivity index (χ1v) is 10.8. The Balaban J connectivity index is 1.67. The number of amides is 2. The molecule has 1 fully saturated rings. The molecule has 0 aliphatic carbocycles. The molecule has 3 rings (SSSR count). The minimum absolute atomic E-state index is 0.110. The van der Waals surface area contributed by atoms with E-state index >= 15 is 0 Å². The van der Waals surface area contributed by atoms with E-state index in [0.29, 0.717) is 43.8 Å². The molecule has 0 radical (unpaired) electrons. The summed E-state index contributed by atoms with van der Waals surface area (Å²) in [6, 6.07) is 12.6. The van der Waals surface area contributed by atoms with Crippen molar-refractivity contribution in [3.63, 3.8) is 0 Å². The molecule has 0 bridgehead atoms. The van der Waals surface area contributed by atoms with E-state index in [0.717, 1.165) is 5.56 Å². The minimum atomic E-state index is -0.647. The predicted molar refractivity (Wildman–Crippen MR) is 112 cm³/mol. The zero-order valence-corrected chi connectivity index (χ0v) is 17.3. The van der Waals surface area contributed by atoms with Crippen molar-refractivity contribution in [3.8, 4) is 0 Å². The van der Waals surface area contributed by atoms with Crippen LogP contribution in [-0.4, -0.2) is 48.4 Å². The number of esters is 1. The Morgan fingerprint density at radius 3 is 2.48 bits per heavy atom. The third kappa shape index (κ3) is 5.67. The molecular formula is C22H26N2O4S. The lowest BCUT2D eigenvalue weighted by Gasteiger charge is -2.33. The van der Waals surface area contributed by atoms with Gasteiger partial charge in [-0.25, -0.2) is 0 Å². The lowest BCUT2D eigenvalue weighted by molar-refractivity contribution is -0.151. The molecule has 154 valence electrons. The standard InChI is InChI=1S/C22H26N2O4S/c1-2-28-22(27)17-10-12-24(13-11-17)21(26)18(15-16-7-4-3-5-8-16)23-20(25)19-9-6-14-29-19/h3-9,14,17-18H,2,10-13,15H2,1H3,(H,23,25). The van der Waals surface area contributed by atoms with Gasteiger partial charge in [0.1, 0.15) is 6.04 Å². The summed E-state index contributed by atoms with van der Waals surface area (Å²) in [7, 11) is 0. The van der Waals surface area contributed by atoms with Crippen molar-refractivity contribution >= 4 is 29.1 Å². The average Bonchev–Trinajstić information content (AvgIpc) is 3.29. The van der Waals surface area contributed by atoms with Crippen molar-refractivity contribution in [1.29, 1.82) is 0 Å². The lowest BCUT2D eigenvalue weighted by Crippen LogP contribution is -2.52. The number of benzene rings is 1. The molecule has 2 aromatic rings. The highest BCUT2D eigenvalue weighted by Gasteiger charge is 2.32. The van der Waals surface area contributed by atoms with Crippen LogP contribution >= 0.6 is 11.3 Å². The molecule has 1 N–H and O–H groups in total.